The van der Waals surface area contributed by atoms with E-state index >= 15 is 0 Å². The lowest BCUT2D eigenvalue weighted by Crippen LogP contribution is -2.36. The molecule has 4 rings (SSSR count). The third-order valence-electron chi connectivity index (χ3n) is 5.43. The van der Waals surface area contributed by atoms with E-state index in [1.807, 2.05) is 18.2 Å². The van der Waals surface area contributed by atoms with Crippen LogP contribution in [0.3, 0.4) is 0 Å². The van der Waals surface area contributed by atoms with Gasteiger partial charge in [0.1, 0.15) is 0 Å². The van der Waals surface area contributed by atoms with Gasteiger partial charge < -0.3 is 16.4 Å². The highest BCUT2D eigenvalue weighted by molar-refractivity contribution is 6.05. The predicted octanol–water partition coefficient (Wildman–Crippen LogP) is 2.51. The minimum atomic E-state index is -0.509. The third-order valence-corrected chi connectivity index (χ3v) is 5.43. The van der Waals surface area contributed by atoms with E-state index in [0.717, 1.165) is 30.6 Å². The van der Waals surface area contributed by atoms with Crippen LogP contribution in [-0.2, 0) is 0 Å². The molecular weight excluding hydrogens is 338 g/mol. The molecule has 0 saturated carbocycles. The fraction of sp³-hybridized carbons (Fsp3) is 0.286. The number of para-hydroxylation sites is 1. The summed E-state index contributed by atoms with van der Waals surface area (Å²) in [7, 11) is 2.12. The molecule has 1 saturated heterocycles. The molecule has 4 N–H and O–H groups in total. The summed E-state index contributed by atoms with van der Waals surface area (Å²) in [6.45, 7) is 1.90. The molecule has 1 aliphatic heterocycles. The first-order valence-electron chi connectivity index (χ1n) is 9.14. The number of primary amides is 1. The molecular formula is C21H23N5O. The quantitative estimate of drug-likeness (QED) is 0.747. The van der Waals surface area contributed by atoms with Gasteiger partial charge >= 0.3 is 0 Å². The Kier molecular flexibility index (Phi) is 4.49. The lowest BCUT2D eigenvalue weighted by atomic mass is 9.78. The number of benzene rings is 2. The van der Waals surface area contributed by atoms with Gasteiger partial charge in [-0.15, -0.1) is 0 Å². The summed E-state index contributed by atoms with van der Waals surface area (Å²) in [5.41, 5.74) is 14.7. The van der Waals surface area contributed by atoms with Crippen LogP contribution in [0.5, 0.6) is 0 Å². The van der Waals surface area contributed by atoms with E-state index in [4.69, 9.17) is 11.5 Å². The van der Waals surface area contributed by atoms with Crippen LogP contribution in [-0.4, -0.2) is 40.9 Å². The number of nitrogens with two attached hydrogens (primary N) is 2. The van der Waals surface area contributed by atoms with Crippen LogP contribution in [0.25, 0.3) is 10.9 Å². The standard InChI is InChI=1S/C21H23N5O/c1-26-11-10-14(13-6-3-2-4-7-13)17(12-26)19-15-8-5-9-16(20(22)27)18(15)24-21(23)25-19/h2-9,14,17H,10-12H2,1H3,(H2,22,27)(H2,23,24,25). The molecule has 6 heteroatoms. The molecule has 0 bridgehead atoms. The monoisotopic (exact) mass is 361 g/mol. The summed E-state index contributed by atoms with van der Waals surface area (Å²) >= 11 is 0. The highest BCUT2D eigenvalue weighted by Gasteiger charge is 2.33. The molecule has 1 fully saturated rings. The van der Waals surface area contributed by atoms with Gasteiger partial charge in [-0.05, 0) is 37.6 Å². The van der Waals surface area contributed by atoms with Crippen LogP contribution in [0.4, 0.5) is 5.95 Å². The van der Waals surface area contributed by atoms with E-state index < -0.39 is 5.91 Å². The van der Waals surface area contributed by atoms with Gasteiger partial charge in [0.25, 0.3) is 5.91 Å². The topological polar surface area (TPSA) is 98.1 Å². The van der Waals surface area contributed by atoms with E-state index in [2.05, 4.69) is 46.2 Å². The number of hydrogen-bond acceptors (Lipinski definition) is 5. The van der Waals surface area contributed by atoms with Crippen LogP contribution >= 0.6 is 0 Å². The van der Waals surface area contributed by atoms with Crippen LogP contribution in [0.1, 0.15) is 39.9 Å². The number of piperidine rings is 1. The number of rotatable bonds is 3. The molecule has 0 radical (unpaired) electrons. The highest BCUT2D eigenvalue weighted by atomic mass is 16.1. The SMILES string of the molecule is CN1CCC(c2ccccc2)C(c2nc(N)nc3c(C(N)=O)cccc23)C1. The largest absolute Gasteiger partial charge is 0.368 e. The number of anilines is 1. The van der Waals surface area contributed by atoms with Crippen molar-refractivity contribution < 1.29 is 4.79 Å². The van der Waals surface area contributed by atoms with E-state index in [1.54, 1.807) is 6.07 Å². The molecule has 1 aliphatic rings. The summed E-state index contributed by atoms with van der Waals surface area (Å²) in [6.07, 6.45) is 1.03. The van der Waals surface area contributed by atoms with Gasteiger partial charge in [-0.25, -0.2) is 9.97 Å². The number of likely N-dealkylation sites (N-methyl/N-ethyl adjacent to an activating group) is 1. The van der Waals surface area contributed by atoms with Crippen molar-refractivity contribution in [3.05, 3.63) is 65.4 Å². The van der Waals surface area contributed by atoms with Gasteiger partial charge in [-0.3, -0.25) is 4.79 Å². The Balaban J connectivity index is 1.90. The minimum absolute atomic E-state index is 0.155. The van der Waals surface area contributed by atoms with Crippen molar-refractivity contribution in [1.82, 2.24) is 14.9 Å². The van der Waals surface area contributed by atoms with Gasteiger partial charge in [0.2, 0.25) is 5.95 Å². The number of fused-ring (bicyclic) bond motifs is 1. The van der Waals surface area contributed by atoms with Crippen molar-refractivity contribution >= 4 is 22.8 Å². The van der Waals surface area contributed by atoms with Crippen molar-refractivity contribution in [2.24, 2.45) is 5.73 Å². The van der Waals surface area contributed by atoms with Gasteiger partial charge in [0.15, 0.2) is 0 Å². The molecule has 2 unspecified atom stereocenters. The van der Waals surface area contributed by atoms with E-state index in [9.17, 15) is 4.79 Å². The summed E-state index contributed by atoms with van der Waals surface area (Å²) < 4.78 is 0. The molecule has 2 atom stereocenters. The molecule has 1 aromatic heterocycles. The van der Waals surface area contributed by atoms with Crippen molar-refractivity contribution in [2.75, 3.05) is 25.9 Å². The Bertz CT molecular complexity index is 989. The minimum Gasteiger partial charge on any atom is -0.368 e. The molecule has 27 heavy (non-hydrogen) atoms. The first kappa shape index (κ1) is 17.4. The smallest absolute Gasteiger partial charge is 0.250 e. The first-order chi connectivity index (χ1) is 13.0. The van der Waals surface area contributed by atoms with E-state index in [1.165, 1.54) is 5.56 Å². The number of aromatic nitrogens is 2. The highest BCUT2D eigenvalue weighted by Crippen LogP contribution is 2.41. The van der Waals surface area contributed by atoms with Crippen LogP contribution < -0.4 is 11.5 Å². The molecule has 2 aromatic carbocycles. The summed E-state index contributed by atoms with van der Waals surface area (Å²) in [6, 6.07) is 16.0. The van der Waals surface area contributed by atoms with Gasteiger partial charge in [-0.1, -0.05) is 42.5 Å². The number of likely N-dealkylation sites (tertiary alicyclic amines) is 1. The van der Waals surface area contributed by atoms with Crippen molar-refractivity contribution in [3.8, 4) is 0 Å². The Labute approximate surface area is 158 Å². The van der Waals surface area contributed by atoms with Gasteiger partial charge in [-0.2, -0.15) is 0 Å². The number of nitrogens with zero attached hydrogens (tertiary/aromatic N) is 3. The zero-order valence-corrected chi connectivity index (χ0v) is 15.3. The van der Waals surface area contributed by atoms with Crippen molar-refractivity contribution in [2.45, 2.75) is 18.3 Å². The average Bonchev–Trinajstić information content (AvgIpc) is 2.67. The number of carbonyl (C=O) groups excluding carboxylic acids is 1. The maximum atomic E-state index is 11.9. The van der Waals surface area contributed by atoms with E-state index in [0.29, 0.717) is 17.0 Å². The normalized spacial score (nSPS) is 20.6. The Morgan fingerprint density at radius 1 is 1.07 bits per heavy atom. The molecule has 3 aromatic rings. The molecule has 0 aliphatic carbocycles. The fourth-order valence-electron chi connectivity index (χ4n) is 4.17. The zero-order chi connectivity index (χ0) is 19.0. The van der Waals surface area contributed by atoms with Gasteiger partial charge in [0, 0.05) is 17.8 Å². The first-order valence-corrected chi connectivity index (χ1v) is 9.14. The summed E-state index contributed by atoms with van der Waals surface area (Å²) in [5, 5.41) is 0.849. The zero-order valence-electron chi connectivity index (χ0n) is 15.3. The Morgan fingerprint density at radius 3 is 2.59 bits per heavy atom. The van der Waals surface area contributed by atoms with Crippen molar-refractivity contribution in [1.29, 1.82) is 0 Å². The number of amides is 1. The lowest BCUT2D eigenvalue weighted by Gasteiger charge is -2.37. The number of nitrogen functional groups attached to an aromatic ring is 1. The lowest BCUT2D eigenvalue weighted by molar-refractivity contribution is 0.100. The second kappa shape index (κ2) is 6.96. The second-order valence-corrected chi connectivity index (χ2v) is 7.21. The van der Waals surface area contributed by atoms with E-state index in [-0.39, 0.29) is 11.9 Å². The number of carbonyl (C=O) groups is 1. The van der Waals surface area contributed by atoms with Crippen LogP contribution in [0.2, 0.25) is 0 Å². The third kappa shape index (κ3) is 3.24. The predicted molar refractivity (Wildman–Crippen MR) is 107 cm³/mol. The van der Waals surface area contributed by atoms with Crippen LogP contribution in [0.15, 0.2) is 48.5 Å². The maximum Gasteiger partial charge on any atom is 0.250 e. The molecule has 138 valence electrons. The molecule has 2 heterocycles. The Morgan fingerprint density at radius 2 is 1.85 bits per heavy atom. The summed E-state index contributed by atoms with van der Waals surface area (Å²) in [5.74, 6) is 0.149. The van der Waals surface area contributed by atoms with Crippen molar-refractivity contribution in [3.63, 3.8) is 0 Å². The number of hydrogen-bond donors (Lipinski definition) is 2. The maximum absolute atomic E-state index is 11.9. The molecule has 6 nitrogen and oxygen atoms in total. The average molecular weight is 361 g/mol. The van der Waals surface area contributed by atoms with Crippen LogP contribution in [0, 0.1) is 0 Å². The Hall–Kier alpha value is -2.99. The molecule has 1 amide bonds. The summed E-state index contributed by atoms with van der Waals surface area (Å²) in [4.78, 5) is 23.1. The second-order valence-electron chi connectivity index (χ2n) is 7.21. The molecule has 0 spiro atoms. The van der Waals surface area contributed by atoms with Gasteiger partial charge in [0.05, 0.1) is 16.8 Å². The fourth-order valence-corrected chi connectivity index (χ4v) is 4.17.